The Balaban J connectivity index is 3.18. The van der Waals surface area contributed by atoms with Gasteiger partial charge >= 0.3 is 0 Å². The third-order valence-corrected chi connectivity index (χ3v) is 1.88. The van der Waals surface area contributed by atoms with Crippen LogP contribution in [0.3, 0.4) is 0 Å². The summed E-state index contributed by atoms with van der Waals surface area (Å²) in [6.07, 6.45) is 2.74. The van der Waals surface area contributed by atoms with Gasteiger partial charge in [-0.25, -0.2) is 9.97 Å². The van der Waals surface area contributed by atoms with E-state index in [0.717, 1.165) is 23.6 Å². The van der Waals surface area contributed by atoms with E-state index in [4.69, 9.17) is 0 Å². The third kappa shape index (κ3) is 1.70. The highest BCUT2D eigenvalue weighted by Gasteiger charge is 2.03. The van der Waals surface area contributed by atoms with Gasteiger partial charge in [0.05, 0.1) is 0 Å². The number of nitrogens with zero attached hydrogens (tertiary/aromatic N) is 2. The maximum atomic E-state index is 4.29. The molecular formula is C10H14N2. The molecule has 0 aromatic carbocycles. The molecule has 0 radical (unpaired) electrons. The Kier molecular flexibility index (Phi) is 2.58. The summed E-state index contributed by atoms with van der Waals surface area (Å²) in [7, 11) is 0. The zero-order chi connectivity index (χ0) is 9.14. The number of allylic oxidation sites excluding steroid dienone is 1. The van der Waals surface area contributed by atoms with E-state index in [1.165, 1.54) is 5.56 Å². The first-order chi connectivity index (χ1) is 5.65. The van der Waals surface area contributed by atoms with Crippen LogP contribution in [0.4, 0.5) is 0 Å². The molecule has 0 unspecified atom stereocenters. The molecule has 0 bridgehead atoms. The maximum Gasteiger partial charge on any atom is 0.125 e. The summed E-state index contributed by atoms with van der Waals surface area (Å²) in [5.74, 6) is 0.845. The largest absolute Gasteiger partial charge is 0.238 e. The lowest BCUT2D eigenvalue weighted by Crippen LogP contribution is -2.01. The van der Waals surface area contributed by atoms with Crippen LogP contribution in [0.1, 0.15) is 22.8 Å². The van der Waals surface area contributed by atoms with E-state index in [0.29, 0.717) is 0 Å². The number of aryl methyl sites for hydroxylation is 3. The van der Waals surface area contributed by atoms with Gasteiger partial charge < -0.3 is 0 Å². The molecule has 0 saturated carbocycles. The first-order valence-corrected chi connectivity index (χ1v) is 4.06. The Hall–Kier alpha value is -1.18. The summed E-state index contributed by atoms with van der Waals surface area (Å²) in [5, 5.41) is 0. The fraction of sp³-hybridized carbons (Fsp3) is 0.400. The molecule has 0 fully saturated rings. The lowest BCUT2D eigenvalue weighted by atomic mass is 10.1. The van der Waals surface area contributed by atoms with Crippen molar-refractivity contribution in [3.63, 3.8) is 0 Å². The van der Waals surface area contributed by atoms with Crippen LogP contribution in [-0.4, -0.2) is 9.97 Å². The summed E-state index contributed by atoms with van der Waals surface area (Å²) in [5.41, 5.74) is 3.34. The molecule has 64 valence electrons. The van der Waals surface area contributed by atoms with Gasteiger partial charge in [-0.05, 0) is 32.8 Å². The highest BCUT2D eigenvalue weighted by Crippen LogP contribution is 2.10. The van der Waals surface area contributed by atoms with Gasteiger partial charge in [0.25, 0.3) is 0 Å². The third-order valence-electron chi connectivity index (χ3n) is 1.88. The van der Waals surface area contributed by atoms with Crippen molar-refractivity contribution in [2.45, 2.75) is 27.2 Å². The van der Waals surface area contributed by atoms with E-state index in [2.05, 4.69) is 16.5 Å². The molecule has 1 aromatic rings. The highest BCUT2D eigenvalue weighted by molar-refractivity contribution is 5.25. The van der Waals surface area contributed by atoms with Crippen LogP contribution in [0.5, 0.6) is 0 Å². The number of rotatable bonds is 2. The summed E-state index contributed by atoms with van der Waals surface area (Å²) in [6.45, 7) is 9.65. The molecule has 2 heteroatoms. The van der Waals surface area contributed by atoms with Crippen LogP contribution in [0.25, 0.3) is 0 Å². The van der Waals surface area contributed by atoms with Crippen molar-refractivity contribution >= 4 is 0 Å². The minimum atomic E-state index is 0.845. The summed E-state index contributed by atoms with van der Waals surface area (Å²) < 4.78 is 0. The monoisotopic (exact) mass is 162 g/mol. The van der Waals surface area contributed by atoms with Crippen molar-refractivity contribution in [1.82, 2.24) is 9.97 Å². The standard InChI is InChI=1S/C10H14N2/c1-5-6-10-7(2)11-9(4)12-8(10)3/h5H,1,6H2,2-4H3. The molecule has 0 N–H and O–H groups in total. The smallest absolute Gasteiger partial charge is 0.125 e. The molecule has 0 aliphatic heterocycles. The van der Waals surface area contributed by atoms with Crippen molar-refractivity contribution in [2.24, 2.45) is 0 Å². The van der Waals surface area contributed by atoms with Crippen LogP contribution in [0.15, 0.2) is 12.7 Å². The van der Waals surface area contributed by atoms with E-state index < -0.39 is 0 Å². The van der Waals surface area contributed by atoms with Crippen molar-refractivity contribution in [1.29, 1.82) is 0 Å². The molecule has 1 rings (SSSR count). The summed E-state index contributed by atoms with van der Waals surface area (Å²) in [6, 6.07) is 0. The molecular weight excluding hydrogens is 148 g/mol. The Bertz CT molecular complexity index is 280. The Morgan fingerprint density at radius 3 is 2.08 bits per heavy atom. The second-order valence-electron chi connectivity index (χ2n) is 2.91. The summed E-state index contributed by atoms with van der Waals surface area (Å²) >= 11 is 0. The minimum absolute atomic E-state index is 0.845. The van der Waals surface area contributed by atoms with E-state index in [9.17, 15) is 0 Å². The van der Waals surface area contributed by atoms with Crippen LogP contribution in [0.2, 0.25) is 0 Å². The minimum Gasteiger partial charge on any atom is -0.238 e. The second-order valence-corrected chi connectivity index (χ2v) is 2.91. The molecule has 12 heavy (non-hydrogen) atoms. The van der Waals surface area contributed by atoms with Crippen LogP contribution in [0, 0.1) is 20.8 Å². The Labute approximate surface area is 73.4 Å². The van der Waals surface area contributed by atoms with Crippen LogP contribution < -0.4 is 0 Å². The van der Waals surface area contributed by atoms with Gasteiger partial charge in [0, 0.05) is 11.4 Å². The molecule has 0 atom stereocenters. The van der Waals surface area contributed by atoms with Gasteiger partial charge in [-0.2, -0.15) is 0 Å². The quantitative estimate of drug-likeness (QED) is 0.622. The first kappa shape index (κ1) is 8.91. The molecule has 0 aliphatic rings. The van der Waals surface area contributed by atoms with Crippen LogP contribution in [-0.2, 0) is 6.42 Å². The number of hydrogen-bond acceptors (Lipinski definition) is 2. The molecule has 0 spiro atoms. The molecule has 1 heterocycles. The second kappa shape index (κ2) is 3.48. The normalized spacial score (nSPS) is 9.92. The first-order valence-electron chi connectivity index (χ1n) is 4.06. The SMILES string of the molecule is C=CCc1c(C)nc(C)nc1C. The molecule has 2 nitrogen and oxygen atoms in total. The van der Waals surface area contributed by atoms with Gasteiger partial charge in [-0.15, -0.1) is 6.58 Å². The maximum absolute atomic E-state index is 4.29. The van der Waals surface area contributed by atoms with Gasteiger partial charge in [0.2, 0.25) is 0 Å². The molecule has 0 aliphatic carbocycles. The lowest BCUT2D eigenvalue weighted by molar-refractivity contribution is 0.930. The lowest BCUT2D eigenvalue weighted by Gasteiger charge is -2.06. The fourth-order valence-corrected chi connectivity index (χ4v) is 1.35. The van der Waals surface area contributed by atoms with Gasteiger partial charge in [0.15, 0.2) is 0 Å². The zero-order valence-corrected chi connectivity index (χ0v) is 7.89. The van der Waals surface area contributed by atoms with E-state index in [1.807, 2.05) is 26.8 Å². The van der Waals surface area contributed by atoms with Crippen molar-refractivity contribution < 1.29 is 0 Å². The van der Waals surface area contributed by atoms with E-state index in [-0.39, 0.29) is 0 Å². The number of hydrogen-bond donors (Lipinski definition) is 0. The summed E-state index contributed by atoms with van der Waals surface area (Å²) in [4.78, 5) is 8.59. The highest BCUT2D eigenvalue weighted by atomic mass is 14.9. The average molecular weight is 162 g/mol. The predicted octanol–water partition coefficient (Wildman–Crippen LogP) is 2.13. The van der Waals surface area contributed by atoms with Gasteiger partial charge in [0.1, 0.15) is 5.82 Å². The van der Waals surface area contributed by atoms with Gasteiger partial charge in [-0.1, -0.05) is 6.08 Å². The zero-order valence-electron chi connectivity index (χ0n) is 7.89. The fourth-order valence-electron chi connectivity index (χ4n) is 1.35. The van der Waals surface area contributed by atoms with Crippen molar-refractivity contribution in [3.8, 4) is 0 Å². The van der Waals surface area contributed by atoms with Crippen molar-refractivity contribution in [3.05, 3.63) is 35.4 Å². The Morgan fingerprint density at radius 2 is 1.67 bits per heavy atom. The molecule has 1 aromatic heterocycles. The van der Waals surface area contributed by atoms with Gasteiger partial charge in [-0.3, -0.25) is 0 Å². The number of aromatic nitrogens is 2. The van der Waals surface area contributed by atoms with Crippen molar-refractivity contribution in [2.75, 3.05) is 0 Å². The average Bonchev–Trinajstić information content (AvgIpc) is 1.96. The molecule has 0 amide bonds. The predicted molar refractivity (Wildman–Crippen MR) is 50.1 cm³/mol. The topological polar surface area (TPSA) is 25.8 Å². The van der Waals surface area contributed by atoms with E-state index in [1.54, 1.807) is 0 Å². The molecule has 0 saturated heterocycles. The Morgan fingerprint density at radius 1 is 1.17 bits per heavy atom. The van der Waals surface area contributed by atoms with E-state index >= 15 is 0 Å². The van der Waals surface area contributed by atoms with Crippen LogP contribution >= 0.6 is 0 Å².